The van der Waals surface area contributed by atoms with Gasteiger partial charge < -0.3 is 70.4 Å². The standard InChI is InChI=1S/C60H83BrClN9O15/c1-33(2)50(66-42(32-72)17-12-13-24-64-52(74)35(4)31-61)54(76)68-43(18-15-25-65-57(63)79)53(75)67-41-22-20-40(21-23-41)55(77)70(8)38(7)56(78)86-60-30-48(73)71(9)44-27-39(28-45(82-10)49(44)62)26-34(3)16-14-19-47(83-11)59(81)29-46(84-58(80)69-59)36(5)51(85-60)37(60)6/h14,16,19-23,27-28,32-33,36-38,42-43,46-47,50-51,66,81H,4,12-13,15,17-18,24-26,29-31H2,1-3,5-11H3,(H,64,74)(H,67,75)(H,68,76)(H,69,80)(H3,63,65,79)/b19-14+,34-16+/t36-,37+,38+,42?,43+,46+,47-,50+,51+,59+,60+/m1/s1. The number of alkyl halides is 1. The highest BCUT2D eigenvalue weighted by Gasteiger charge is 2.62. The third-order valence-electron chi connectivity index (χ3n) is 15.8. The number of anilines is 2. The SMILES string of the molecule is C=C(CBr)C(=O)NCCCCC(C=O)N[C@H](C(=O)N[C@@H](CCCNC(N)=O)C(=O)Nc1ccc(C(=O)N(C)[C@@H](C)C(=O)O[C@]23CC(=O)N(C)c4cc(cc(OC)c4Cl)C/C(C)=C/C=C/[C@@H](OC)[C@@]4(O)C[C@H](OC(=O)N4)[C@@H](C)[C@H](O2)[C@@H]3C)cc1)C(C)C. The van der Waals surface area contributed by atoms with Crippen LogP contribution in [0.1, 0.15) is 102 Å². The van der Waals surface area contributed by atoms with Crippen LogP contribution in [0.2, 0.25) is 5.02 Å². The number of benzene rings is 2. The molecule has 9 N–H and O–H groups in total. The van der Waals surface area contributed by atoms with Crippen molar-refractivity contribution in [2.45, 2.75) is 147 Å². The topological polar surface area (TPSA) is 325 Å². The zero-order valence-corrected chi connectivity index (χ0v) is 52.8. The molecule has 86 heavy (non-hydrogen) atoms. The van der Waals surface area contributed by atoms with Gasteiger partial charge in [-0.1, -0.05) is 85.6 Å². The molecule has 4 aliphatic heterocycles. The van der Waals surface area contributed by atoms with E-state index >= 15 is 0 Å². The fourth-order valence-corrected chi connectivity index (χ4v) is 10.9. The highest BCUT2D eigenvalue weighted by Crippen LogP contribution is 2.49. The van der Waals surface area contributed by atoms with Gasteiger partial charge in [-0.25, -0.2) is 14.4 Å². The number of ether oxygens (including phenoxy) is 5. The van der Waals surface area contributed by atoms with Crippen LogP contribution < -0.4 is 47.3 Å². The second-order valence-corrected chi connectivity index (χ2v) is 23.4. The van der Waals surface area contributed by atoms with E-state index in [1.807, 2.05) is 13.0 Å². The minimum Gasteiger partial charge on any atom is -0.495 e. The number of unbranched alkanes of at least 4 members (excludes halogenated alkanes) is 1. The number of alkyl carbamates (subject to hydrolysis) is 1. The van der Waals surface area contributed by atoms with Crippen LogP contribution in [-0.4, -0.2) is 165 Å². The summed E-state index contributed by atoms with van der Waals surface area (Å²) in [6.45, 7) is 14.5. The van der Waals surface area contributed by atoms with Gasteiger partial charge in [0.2, 0.25) is 29.4 Å². The number of rotatable bonds is 25. The average molecular weight is 1290 g/mol. The fraction of sp³-hybridized carbons (Fsp3) is 0.550. The second-order valence-electron chi connectivity index (χ2n) is 22.4. The summed E-state index contributed by atoms with van der Waals surface area (Å²) >= 11 is 10.1. The zero-order chi connectivity index (χ0) is 63.8. The maximum atomic E-state index is 14.5. The number of fused-ring (bicyclic) bond motifs is 5. The van der Waals surface area contributed by atoms with Crippen molar-refractivity contribution in [3.63, 3.8) is 0 Å². The van der Waals surface area contributed by atoms with Crippen molar-refractivity contribution in [1.29, 1.82) is 0 Å². The molecule has 0 aliphatic carbocycles. The summed E-state index contributed by atoms with van der Waals surface area (Å²) in [6.07, 6.45) is 3.76. The number of allylic oxidation sites excluding steroid dienone is 3. The molecule has 0 radical (unpaired) electrons. The molecule has 2 aromatic rings. The molecule has 6 rings (SSSR count). The Kier molecular flexibility index (Phi) is 25.7. The van der Waals surface area contributed by atoms with E-state index in [1.165, 1.54) is 64.4 Å². The molecule has 4 heterocycles. The molecule has 2 saturated heterocycles. The van der Waals surface area contributed by atoms with E-state index in [4.69, 9.17) is 41.0 Å². The fourth-order valence-electron chi connectivity index (χ4n) is 10.3. The van der Waals surface area contributed by atoms with Gasteiger partial charge in [0.05, 0.1) is 37.4 Å². The van der Waals surface area contributed by atoms with E-state index in [0.717, 1.165) is 16.0 Å². The normalized spacial score (nSPS) is 24.5. The number of primary amides is 1. The van der Waals surface area contributed by atoms with Crippen molar-refractivity contribution in [3.8, 4) is 5.75 Å². The number of urea groups is 1. The minimum absolute atomic E-state index is 0.0679. The lowest BCUT2D eigenvalue weighted by Gasteiger charge is -2.55. The summed E-state index contributed by atoms with van der Waals surface area (Å²) in [7, 11) is 5.76. The predicted octanol–water partition coefficient (Wildman–Crippen LogP) is 5.32. The molecule has 11 atom stereocenters. The number of methoxy groups -OCH3 is 2. The Morgan fingerprint density at radius 1 is 1.02 bits per heavy atom. The molecule has 2 fully saturated rings. The number of hydrogen-bond acceptors (Lipinski definition) is 16. The van der Waals surface area contributed by atoms with E-state index in [9.17, 15) is 48.3 Å². The molecular formula is C60H83BrClN9O15. The molecular weight excluding hydrogens is 1200 g/mol. The Balaban J connectivity index is 1.32. The van der Waals surface area contributed by atoms with E-state index in [-0.39, 0.29) is 53.9 Å². The van der Waals surface area contributed by atoms with E-state index in [0.29, 0.717) is 60.9 Å². The number of nitrogens with two attached hydrogens (primary N) is 1. The number of likely N-dealkylation sites (N-methyl/N-ethyl adjacent to an activating group) is 1. The highest BCUT2D eigenvalue weighted by molar-refractivity contribution is 9.09. The molecule has 1 unspecified atom stereocenters. The minimum atomic E-state index is -1.92. The van der Waals surface area contributed by atoms with Crippen LogP contribution in [-0.2, 0) is 54.1 Å². The van der Waals surface area contributed by atoms with Gasteiger partial charge in [0.25, 0.3) is 5.91 Å². The van der Waals surface area contributed by atoms with Crippen molar-refractivity contribution in [2.75, 3.05) is 57.0 Å². The van der Waals surface area contributed by atoms with Gasteiger partial charge in [-0.15, -0.1) is 0 Å². The second kappa shape index (κ2) is 31.7. The van der Waals surface area contributed by atoms with Crippen molar-refractivity contribution < 1.29 is 71.9 Å². The molecule has 0 spiro atoms. The average Bonchev–Trinajstić information content (AvgIpc) is 0.848. The van der Waals surface area contributed by atoms with Crippen LogP contribution in [0, 0.1) is 17.8 Å². The number of amides is 8. The Hall–Kier alpha value is -6.90. The molecule has 6 bridgehead atoms. The summed E-state index contributed by atoms with van der Waals surface area (Å²) in [6, 6.07) is 4.49. The highest BCUT2D eigenvalue weighted by atomic mass is 79.9. The first-order valence-corrected chi connectivity index (χ1v) is 30.0. The zero-order valence-electron chi connectivity index (χ0n) is 50.4. The van der Waals surface area contributed by atoms with Gasteiger partial charge >= 0.3 is 18.1 Å². The van der Waals surface area contributed by atoms with Gasteiger partial charge in [-0.3, -0.25) is 34.6 Å². The summed E-state index contributed by atoms with van der Waals surface area (Å²) in [4.78, 5) is 122. The predicted molar refractivity (Wildman–Crippen MR) is 325 cm³/mol. The molecule has 472 valence electrons. The van der Waals surface area contributed by atoms with Crippen LogP contribution in [0.5, 0.6) is 5.75 Å². The number of halogens is 2. The van der Waals surface area contributed by atoms with Crippen molar-refractivity contribution in [2.24, 2.45) is 23.5 Å². The van der Waals surface area contributed by atoms with E-state index < -0.39 is 114 Å². The summed E-state index contributed by atoms with van der Waals surface area (Å²) in [5.74, 6) is -6.89. The molecule has 4 aliphatic rings. The first kappa shape index (κ1) is 69.9. The maximum absolute atomic E-state index is 14.5. The van der Waals surface area contributed by atoms with Gasteiger partial charge in [-0.05, 0) is 100 Å². The Morgan fingerprint density at radius 3 is 2.33 bits per heavy atom. The molecule has 8 amide bonds. The van der Waals surface area contributed by atoms with Crippen LogP contribution >= 0.6 is 27.5 Å². The van der Waals surface area contributed by atoms with Crippen LogP contribution in [0.3, 0.4) is 0 Å². The molecule has 26 heteroatoms. The Bertz CT molecular complexity index is 2880. The van der Waals surface area contributed by atoms with Crippen LogP contribution in [0.4, 0.5) is 21.0 Å². The van der Waals surface area contributed by atoms with E-state index in [1.54, 1.807) is 52.0 Å². The van der Waals surface area contributed by atoms with Gasteiger partial charge in [0, 0.05) is 74.7 Å². The monoisotopic (exact) mass is 1280 g/mol. The van der Waals surface area contributed by atoms with E-state index in [2.05, 4.69) is 54.4 Å². The van der Waals surface area contributed by atoms with Crippen molar-refractivity contribution in [3.05, 3.63) is 88.5 Å². The summed E-state index contributed by atoms with van der Waals surface area (Å²) < 4.78 is 29.8. The smallest absolute Gasteiger partial charge is 0.409 e. The summed E-state index contributed by atoms with van der Waals surface area (Å²) in [5, 5.41) is 28.8. The number of aldehydes is 1. The number of nitrogens with zero attached hydrogens (tertiary/aromatic N) is 2. The molecule has 0 aromatic heterocycles. The first-order valence-electron chi connectivity index (χ1n) is 28.5. The van der Waals surface area contributed by atoms with Gasteiger partial charge in [-0.2, -0.15) is 0 Å². The Morgan fingerprint density at radius 2 is 1.71 bits per heavy atom. The molecule has 0 saturated carbocycles. The lowest BCUT2D eigenvalue weighted by atomic mass is 9.75. The third-order valence-corrected chi connectivity index (χ3v) is 16.8. The number of aliphatic hydroxyl groups is 1. The number of nitrogens with one attached hydrogen (secondary N) is 6. The van der Waals surface area contributed by atoms with Crippen LogP contribution in [0.15, 0.2) is 72.4 Å². The number of carbonyl (C=O) groups excluding carboxylic acids is 9. The maximum Gasteiger partial charge on any atom is 0.409 e. The number of esters is 1. The quantitative estimate of drug-likeness (QED) is 0.0205. The van der Waals surface area contributed by atoms with Crippen molar-refractivity contribution >= 4 is 92.8 Å². The van der Waals surface area contributed by atoms with Crippen LogP contribution in [0.25, 0.3) is 0 Å². The first-order chi connectivity index (χ1) is 40.6. The Labute approximate surface area is 515 Å². The lowest BCUT2D eigenvalue weighted by Crippen LogP contribution is -2.68. The largest absolute Gasteiger partial charge is 0.495 e. The van der Waals surface area contributed by atoms with Crippen molar-refractivity contribution in [1.82, 2.24) is 31.5 Å². The summed E-state index contributed by atoms with van der Waals surface area (Å²) in [5.41, 5.74) is 6.00. The lowest BCUT2D eigenvalue weighted by molar-refractivity contribution is -0.377. The number of hydrogen-bond donors (Lipinski definition) is 8. The molecule has 2 aromatic carbocycles. The molecule has 24 nitrogen and oxygen atoms in total. The number of carbonyl (C=O) groups is 9. The van der Waals surface area contributed by atoms with Gasteiger partial charge in [0.15, 0.2) is 5.72 Å². The third kappa shape index (κ3) is 18.1. The van der Waals surface area contributed by atoms with Gasteiger partial charge in [0.1, 0.15) is 41.3 Å².